The zero-order valence-corrected chi connectivity index (χ0v) is 12.3. The molecule has 1 aromatic heterocycles. The minimum Gasteiger partial charge on any atom is -0.389 e. The van der Waals surface area contributed by atoms with Gasteiger partial charge in [-0.1, -0.05) is 20.8 Å². The molecule has 3 nitrogen and oxygen atoms in total. The van der Waals surface area contributed by atoms with Crippen LogP contribution in [0.1, 0.15) is 59.2 Å². The van der Waals surface area contributed by atoms with Gasteiger partial charge in [0.25, 0.3) is 0 Å². The molecule has 0 aromatic carbocycles. The molecule has 0 spiro atoms. The van der Waals surface area contributed by atoms with Crippen LogP contribution in [0.4, 0.5) is 0 Å². The summed E-state index contributed by atoms with van der Waals surface area (Å²) in [4.78, 5) is 0. The van der Waals surface area contributed by atoms with Crippen molar-refractivity contribution in [2.45, 2.75) is 65.5 Å². The number of aromatic nitrogens is 2. The molecule has 1 fully saturated rings. The van der Waals surface area contributed by atoms with Crippen LogP contribution in [-0.2, 0) is 6.42 Å². The molecule has 2 atom stereocenters. The number of nitrogens with zero attached hydrogens (tertiary/aromatic N) is 2. The molecular formula is C15H26N2O. The summed E-state index contributed by atoms with van der Waals surface area (Å²) in [5.74, 6) is 0.344. The van der Waals surface area contributed by atoms with E-state index in [-0.39, 0.29) is 5.41 Å². The Kier molecular flexibility index (Phi) is 3.30. The first-order valence-corrected chi connectivity index (χ1v) is 6.98. The lowest BCUT2D eigenvalue weighted by molar-refractivity contribution is 0.00346. The molecule has 0 saturated heterocycles. The predicted molar refractivity (Wildman–Crippen MR) is 73.4 cm³/mol. The maximum atomic E-state index is 10.8. The highest BCUT2D eigenvalue weighted by molar-refractivity contribution is 5.09. The maximum Gasteiger partial charge on any atom is 0.0734 e. The maximum absolute atomic E-state index is 10.8. The number of rotatable bonds is 3. The van der Waals surface area contributed by atoms with E-state index < -0.39 is 5.60 Å². The number of aliphatic hydroxyl groups is 1. The Morgan fingerprint density at radius 1 is 1.50 bits per heavy atom. The highest BCUT2D eigenvalue weighted by Crippen LogP contribution is 2.48. The average Bonchev–Trinajstić information content (AvgIpc) is 2.70. The van der Waals surface area contributed by atoms with Gasteiger partial charge in [-0.25, -0.2) is 0 Å². The van der Waals surface area contributed by atoms with Gasteiger partial charge in [0.15, 0.2) is 0 Å². The predicted octanol–water partition coefficient (Wildman–Crippen LogP) is 3.19. The monoisotopic (exact) mass is 250 g/mol. The normalized spacial score (nSPS) is 31.2. The molecule has 1 N–H and O–H groups in total. The number of hydrogen-bond acceptors (Lipinski definition) is 2. The van der Waals surface area contributed by atoms with Crippen molar-refractivity contribution in [2.75, 3.05) is 0 Å². The van der Waals surface area contributed by atoms with E-state index in [1.807, 2.05) is 16.9 Å². The smallest absolute Gasteiger partial charge is 0.0734 e. The van der Waals surface area contributed by atoms with Gasteiger partial charge < -0.3 is 5.11 Å². The summed E-state index contributed by atoms with van der Waals surface area (Å²) in [6.07, 6.45) is 4.65. The fourth-order valence-corrected chi connectivity index (χ4v) is 3.40. The van der Waals surface area contributed by atoms with Gasteiger partial charge in [0.2, 0.25) is 0 Å². The fourth-order valence-electron chi connectivity index (χ4n) is 3.40. The molecule has 1 aromatic rings. The molecule has 0 bridgehead atoms. The largest absolute Gasteiger partial charge is 0.389 e. The molecule has 1 heterocycles. The highest BCUT2D eigenvalue weighted by atomic mass is 16.3. The summed E-state index contributed by atoms with van der Waals surface area (Å²) >= 11 is 0. The van der Waals surface area contributed by atoms with Gasteiger partial charge in [0, 0.05) is 18.7 Å². The molecule has 2 rings (SSSR count). The minimum absolute atomic E-state index is 0.245. The van der Waals surface area contributed by atoms with Gasteiger partial charge in [-0.15, -0.1) is 0 Å². The molecule has 3 heteroatoms. The first kappa shape index (κ1) is 13.6. The minimum atomic E-state index is -0.584. The van der Waals surface area contributed by atoms with Crippen molar-refractivity contribution >= 4 is 0 Å². The van der Waals surface area contributed by atoms with Gasteiger partial charge in [-0.3, -0.25) is 4.68 Å². The summed E-state index contributed by atoms with van der Waals surface area (Å²) in [5.41, 5.74) is 0.671. The van der Waals surface area contributed by atoms with Crippen molar-refractivity contribution in [2.24, 2.45) is 11.3 Å². The van der Waals surface area contributed by atoms with E-state index in [4.69, 9.17) is 0 Å². The third-order valence-corrected chi connectivity index (χ3v) is 4.24. The molecule has 1 saturated carbocycles. The summed E-state index contributed by atoms with van der Waals surface area (Å²) in [6, 6.07) is 2.42. The molecular weight excluding hydrogens is 224 g/mol. The summed E-state index contributed by atoms with van der Waals surface area (Å²) in [6.45, 7) is 10.9. The Labute approximate surface area is 110 Å². The standard InChI is InChI=1S/C15H26N2O/c1-11(2)17-7-6-13(16-17)9-15(18)10-14(4,5)8-12(15)3/h6-7,11-12,18H,8-10H2,1-5H3. The molecule has 0 aliphatic heterocycles. The number of hydrogen-bond donors (Lipinski definition) is 1. The average molecular weight is 250 g/mol. The van der Waals surface area contributed by atoms with Gasteiger partial charge in [0.1, 0.15) is 0 Å². The van der Waals surface area contributed by atoms with E-state index >= 15 is 0 Å². The van der Waals surface area contributed by atoms with Crippen LogP contribution in [0.15, 0.2) is 12.3 Å². The Hall–Kier alpha value is -0.830. The van der Waals surface area contributed by atoms with E-state index in [2.05, 4.69) is 39.7 Å². The van der Waals surface area contributed by atoms with Crippen LogP contribution in [0.2, 0.25) is 0 Å². The van der Waals surface area contributed by atoms with E-state index in [9.17, 15) is 5.11 Å². The lowest BCUT2D eigenvalue weighted by atomic mass is 9.86. The second-order valence-corrected chi connectivity index (χ2v) is 7.11. The van der Waals surface area contributed by atoms with Crippen molar-refractivity contribution in [3.05, 3.63) is 18.0 Å². The summed E-state index contributed by atoms with van der Waals surface area (Å²) in [5, 5.41) is 15.4. The third-order valence-electron chi connectivity index (χ3n) is 4.24. The van der Waals surface area contributed by atoms with Gasteiger partial charge >= 0.3 is 0 Å². The first-order chi connectivity index (χ1) is 8.22. The second-order valence-electron chi connectivity index (χ2n) is 7.11. The van der Waals surface area contributed by atoms with Crippen LogP contribution >= 0.6 is 0 Å². The molecule has 102 valence electrons. The quantitative estimate of drug-likeness (QED) is 0.894. The first-order valence-electron chi connectivity index (χ1n) is 6.98. The second kappa shape index (κ2) is 4.37. The summed E-state index contributed by atoms with van der Waals surface area (Å²) < 4.78 is 1.96. The van der Waals surface area contributed by atoms with E-state index in [0.717, 1.165) is 18.5 Å². The van der Waals surface area contributed by atoms with Crippen LogP contribution < -0.4 is 0 Å². The van der Waals surface area contributed by atoms with E-state index in [1.165, 1.54) is 0 Å². The Morgan fingerprint density at radius 3 is 2.61 bits per heavy atom. The van der Waals surface area contributed by atoms with Crippen LogP contribution in [0.5, 0.6) is 0 Å². The van der Waals surface area contributed by atoms with Crippen LogP contribution in [0.25, 0.3) is 0 Å². The topological polar surface area (TPSA) is 38.0 Å². The van der Waals surface area contributed by atoms with Crippen molar-refractivity contribution < 1.29 is 5.11 Å². The van der Waals surface area contributed by atoms with Gasteiger partial charge in [0.05, 0.1) is 11.3 Å². The van der Waals surface area contributed by atoms with Crippen LogP contribution in [-0.4, -0.2) is 20.5 Å². The van der Waals surface area contributed by atoms with E-state index in [1.54, 1.807) is 0 Å². The van der Waals surface area contributed by atoms with Gasteiger partial charge in [-0.05, 0) is 44.1 Å². The summed E-state index contributed by atoms with van der Waals surface area (Å²) in [7, 11) is 0. The van der Waals surface area contributed by atoms with Crippen molar-refractivity contribution in [3.63, 3.8) is 0 Å². The molecule has 18 heavy (non-hydrogen) atoms. The molecule has 1 aliphatic rings. The van der Waals surface area contributed by atoms with Crippen LogP contribution in [0.3, 0.4) is 0 Å². The molecule has 0 amide bonds. The Balaban J connectivity index is 2.13. The third kappa shape index (κ3) is 2.61. The van der Waals surface area contributed by atoms with Crippen molar-refractivity contribution in [1.29, 1.82) is 0 Å². The molecule has 0 radical (unpaired) electrons. The van der Waals surface area contributed by atoms with Gasteiger partial charge in [-0.2, -0.15) is 5.10 Å². The van der Waals surface area contributed by atoms with Crippen molar-refractivity contribution in [1.82, 2.24) is 9.78 Å². The Bertz CT molecular complexity index is 422. The van der Waals surface area contributed by atoms with Crippen LogP contribution in [0, 0.1) is 11.3 Å². The Morgan fingerprint density at radius 2 is 2.17 bits per heavy atom. The fraction of sp³-hybridized carbons (Fsp3) is 0.800. The van der Waals surface area contributed by atoms with E-state index in [0.29, 0.717) is 18.4 Å². The zero-order chi connectivity index (χ0) is 13.6. The zero-order valence-electron chi connectivity index (χ0n) is 12.3. The van der Waals surface area contributed by atoms with Crippen molar-refractivity contribution in [3.8, 4) is 0 Å². The lowest BCUT2D eigenvalue weighted by Crippen LogP contribution is -2.35. The molecule has 1 aliphatic carbocycles. The molecule has 2 unspecified atom stereocenters. The SMILES string of the molecule is CC(C)n1ccc(CC2(O)CC(C)(C)CC2C)n1. The lowest BCUT2D eigenvalue weighted by Gasteiger charge is -2.27. The highest BCUT2D eigenvalue weighted by Gasteiger charge is 2.47.